The molecule has 1 saturated carbocycles. The van der Waals surface area contributed by atoms with Gasteiger partial charge in [0.15, 0.2) is 0 Å². The Balaban J connectivity index is 2.01. The van der Waals surface area contributed by atoms with Crippen molar-refractivity contribution in [1.29, 1.82) is 0 Å². The van der Waals surface area contributed by atoms with Gasteiger partial charge in [-0.15, -0.1) is 5.10 Å². The van der Waals surface area contributed by atoms with E-state index in [0.29, 0.717) is 10.6 Å². The van der Waals surface area contributed by atoms with Crippen LogP contribution in [0.1, 0.15) is 21.8 Å². The molecule has 5 nitrogen and oxygen atoms in total. The van der Waals surface area contributed by atoms with Gasteiger partial charge < -0.3 is 11.1 Å². The molecule has 1 fully saturated rings. The Hall–Kier alpha value is -1.01. The zero-order valence-corrected chi connectivity index (χ0v) is 7.97. The summed E-state index contributed by atoms with van der Waals surface area (Å²) in [5.41, 5.74) is 6.24. The van der Waals surface area contributed by atoms with Crippen LogP contribution in [-0.2, 0) is 0 Å². The second kappa shape index (κ2) is 3.04. The number of nitrogens with two attached hydrogens (primary N) is 1. The Bertz CT molecular complexity index is 337. The second-order valence-corrected chi connectivity index (χ2v) is 3.92. The summed E-state index contributed by atoms with van der Waals surface area (Å²) in [6.45, 7) is 1.77. The van der Waals surface area contributed by atoms with E-state index in [0.717, 1.165) is 18.0 Å². The van der Waals surface area contributed by atoms with Crippen molar-refractivity contribution in [3.05, 3.63) is 10.6 Å². The van der Waals surface area contributed by atoms with Gasteiger partial charge in [-0.05, 0) is 24.9 Å². The van der Waals surface area contributed by atoms with Gasteiger partial charge in [0, 0.05) is 12.1 Å². The maximum Gasteiger partial charge on any atom is 0.265 e. The van der Waals surface area contributed by atoms with Crippen molar-refractivity contribution in [2.24, 2.45) is 5.73 Å². The van der Waals surface area contributed by atoms with E-state index in [1.807, 2.05) is 0 Å². The highest BCUT2D eigenvalue weighted by molar-refractivity contribution is 7.08. The van der Waals surface area contributed by atoms with E-state index >= 15 is 0 Å². The molecular formula is C7H10N4OS. The van der Waals surface area contributed by atoms with Crippen LogP contribution < -0.4 is 11.1 Å². The van der Waals surface area contributed by atoms with Gasteiger partial charge in [0.2, 0.25) is 0 Å². The van der Waals surface area contributed by atoms with Crippen LogP contribution >= 0.6 is 11.5 Å². The summed E-state index contributed by atoms with van der Waals surface area (Å²) in [5.74, 6) is -0.106. The summed E-state index contributed by atoms with van der Waals surface area (Å²) >= 11 is 1.11. The van der Waals surface area contributed by atoms with E-state index < -0.39 is 0 Å². The SMILES string of the molecule is Cc1nnsc1C(=O)NC1CC1N. The smallest absolute Gasteiger partial charge is 0.265 e. The van der Waals surface area contributed by atoms with Gasteiger partial charge in [-0.25, -0.2) is 0 Å². The number of nitrogens with zero attached hydrogens (tertiary/aromatic N) is 2. The Morgan fingerprint density at radius 2 is 2.46 bits per heavy atom. The van der Waals surface area contributed by atoms with Crippen LogP contribution in [0.4, 0.5) is 0 Å². The highest BCUT2D eigenvalue weighted by Gasteiger charge is 2.35. The number of hydrogen-bond acceptors (Lipinski definition) is 5. The van der Waals surface area contributed by atoms with E-state index in [9.17, 15) is 4.79 Å². The molecule has 2 unspecified atom stereocenters. The van der Waals surface area contributed by atoms with E-state index in [4.69, 9.17) is 5.73 Å². The lowest BCUT2D eigenvalue weighted by molar-refractivity contribution is 0.0953. The molecule has 0 radical (unpaired) electrons. The Morgan fingerprint density at radius 3 is 2.92 bits per heavy atom. The quantitative estimate of drug-likeness (QED) is 0.682. The highest BCUT2D eigenvalue weighted by Crippen LogP contribution is 2.19. The standard InChI is InChI=1S/C7H10N4OS/c1-3-6(13-11-10-3)7(12)9-5-2-4(5)8/h4-5H,2,8H2,1H3,(H,9,12). The number of carbonyl (C=O) groups excluding carboxylic acids is 1. The molecule has 0 spiro atoms. The van der Waals surface area contributed by atoms with Crippen LogP contribution in [0.3, 0.4) is 0 Å². The van der Waals surface area contributed by atoms with Crippen molar-refractivity contribution in [3.63, 3.8) is 0 Å². The number of aryl methyl sites for hydroxylation is 1. The molecule has 1 aliphatic rings. The van der Waals surface area contributed by atoms with Gasteiger partial charge in [-0.3, -0.25) is 4.79 Å². The summed E-state index contributed by atoms with van der Waals surface area (Å²) in [6.07, 6.45) is 0.872. The minimum Gasteiger partial charge on any atom is -0.347 e. The summed E-state index contributed by atoms with van der Waals surface area (Å²) in [7, 11) is 0. The van der Waals surface area contributed by atoms with Crippen molar-refractivity contribution in [1.82, 2.24) is 14.9 Å². The molecule has 1 amide bonds. The highest BCUT2D eigenvalue weighted by atomic mass is 32.1. The number of nitrogens with one attached hydrogen (secondary N) is 1. The van der Waals surface area contributed by atoms with Crippen LogP contribution in [0.5, 0.6) is 0 Å². The van der Waals surface area contributed by atoms with Crippen molar-refractivity contribution < 1.29 is 4.79 Å². The number of amides is 1. The maximum absolute atomic E-state index is 11.5. The molecule has 6 heteroatoms. The van der Waals surface area contributed by atoms with Gasteiger partial charge in [-0.1, -0.05) is 4.49 Å². The lowest BCUT2D eigenvalue weighted by Gasteiger charge is -1.99. The van der Waals surface area contributed by atoms with Crippen molar-refractivity contribution >= 4 is 17.4 Å². The van der Waals surface area contributed by atoms with Gasteiger partial charge in [0.05, 0.1) is 5.69 Å². The minimum atomic E-state index is -0.106. The first-order chi connectivity index (χ1) is 6.18. The molecule has 70 valence electrons. The summed E-state index contributed by atoms with van der Waals surface area (Å²) < 4.78 is 3.69. The molecule has 1 aliphatic carbocycles. The van der Waals surface area contributed by atoms with E-state index in [1.54, 1.807) is 6.92 Å². The van der Waals surface area contributed by atoms with Gasteiger partial charge in [0.1, 0.15) is 4.88 Å². The monoisotopic (exact) mass is 198 g/mol. The van der Waals surface area contributed by atoms with E-state index in [-0.39, 0.29) is 18.0 Å². The Labute approximate surface area is 79.5 Å². The topological polar surface area (TPSA) is 80.9 Å². The fourth-order valence-electron chi connectivity index (χ4n) is 1.05. The maximum atomic E-state index is 11.5. The molecule has 0 bridgehead atoms. The molecule has 2 atom stereocenters. The van der Waals surface area contributed by atoms with E-state index in [1.165, 1.54) is 0 Å². The Kier molecular flexibility index (Phi) is 2.01. The van der Waals surface area contributed by atoms with Crippen molar-refractivity contribution in [3.8, 4) is 0 Å². The summed E-state index contributed by atoms with van der Waals surface area (Å²) in [6, 6.07) is 0.277. The van der Waals surface area contributed by atoms with Crippen LogP contribution in [0.15, 0.2) is 0 Å². The molecule has 2 rings (SSSR count). The first kappa shape index (κ1) is 8.58. The first-order valence-electron chi connectivity index (χ1n) is 4.04. The minimum absolute atomic E-state index is 0.106. The molecule has 1 heterocycles. The summed E-state index contributed by atoms with van der Waals surface area (Å²) in [4.78, 5) is 12.1. The summed E-state index contributed by atoms with van der Waals surface area (Å²) in [5, 5.41) is 6.57. The second-order valence-electron chi connectivity index (χ2n) is 3.17. The lowest BCUT2D eigenvalue weighted by Crippen LogP contribution is -2.29. The molecule has 1 aromatic rings. The number of aromatic nitrogens is 2. The fraction of sp³-hybridized carbons (Fsp3) is 0.571. The van der Waals surface area contributed by atoms with Crippen LogP contribution in [-0.4, -0.2) is 27.6 Å². The largest absolute Gasteiger partial charge is 0.347 e. The van der Waals surface area contributed by atoms with Crippen molar-refractivity contribution in [2.45, 2.75) is 25.4 Å². The normalized spacial score (nSPS) is 25.7. The van der Waals surface area contributed by atoms with Crippen LogP contribution in [0, 0.1) is 6.92 Å². The zero-order chi connectivity index (χ0) is 9.42. The van der Waals surface area contributed by atoms with Gasteiger partial charge in [-0.2, -0.15) is 0 Å². The average Bonchev–Trinajstić information content (AvgIpc) is 2.62. The third-order valence-corrected chi connectivity index (χ3v) is 2.84. The molecule has 1 aromatic heterocycles. The third kappa shape index (κ3) is 1.68. The van der Waals surface area contributed by atoms with Crippen LogP contribution in [0.2, 0.25) is 0 Å². The number of carbonyl (C=O) groups is 1. The van der Waals surface area contributed by atoms with Gasteiger partial charge in [0.25, 0.3) is 5.91 Å². The number of hydrogen-bond donors (Lipinski definition) is 2. The lowest BCUT2D eigenvalue weighted by atomic mass is 10.4. The predicted molar refractivity (Wildman–Crippen MR) is 48.5 cm³/mol. The average molecular weight is 198 g/mol. The Morgan fingerprint density at radius 1 is 1.77 bits per heavy atom. The predicted octanol–water partition coefficient (Wildman–Crippen LogP) is -0.324. The molecule has 0 aliphatic heterocycles. The van der Waals surface area contributed by atoms with Crippen LogP contribution in [0.25, 0.3) is 0 Å². The molecular weight excluding hydrogens is 188 g/mol. The third-order valence-electron chi connectivity index (χ3n) is 2.01. The molecule has 0 aromatic carbocycles. The molecule has 0 saturated heterocycles. The molecule has 13 heavy (non-hydrogen) atoms. The van der Waals surface area contributed by atoms with Crippen molar-refractivity contribution in [2.75, 3.05) is 0 Å². The zero-order valence-electron chi connectivity index (χ0n) is 7.15. The fourth-order valence-corrected chi connectivity index (χ4v) is 1.61. The first-order valence-corrected chi connectivity index (χ1v) is 4.81. The van der Waals surface area contributed by atoms with E-state index in [2.05, 4.69) is 14.9 Å². The van der Waals surface area contributed by atoms with Gasteiger partial charge >= 0.3 is 0 Å². The number of rotatable bonds is 2. The molecule has 3 N–H and O–H groups in total.